The van der Waals surface area contributed by atoms with Gasteiger partial charge in [-0.15, -0.1) is 0 Å². The number of carbonyl (C=O) groups excluding carboxylic acids is 1. The Morgan fingerprint density at radius 2 is 2.00 bits per heavy atom. The minimum atomic E-state index is 0.262. The van der Waals surface area contributed by atoms with Crippen LogP contribution in [0, 0.1) is 11.3 Å². The molecule has 90 valence electrons. The summed E-state index contributed by atoms with van der Waals surface area (Å²) >= 11 is 0. The van der Waals surface area contributed by atoms with Crippen LogP contribution >= 0.6 is 0 Å². The molecule has 0 heterocycles. The van der Waals surface area contributed by atoms with Crippen LogP contribution in [0.1, 0.15) is 52.4 Å². The highest BCUT2D eigenvalue weighted by Crippen LogP contribution is 2.48. The molecule has 0 N–H and O–H groups in total. The fraction of sp³-hybridized carbons (Fsp3) is 0.786. The molecule has 2 heteroatoms. The van der Waals surface area contributed by atoms with E-state index in [1.165, 1.54) is 25.7 Å². The Labute approximate surface area is 98.1 Å². The zero-order chi connectivity index (χ0) is 11.6. The van der Waals surface area contributed by atoms with Gasteiger partial charge in [0.1, 0.15) is 5.76 Å². The summed E-state index contributed by atoms with van der Waals surface area (Å²) in [5.74, 6) is 1.73. The fourth-order valence-electron chi connectivity index (χ4n) is 2.93. The lowest BCUT2D eigenvalue weighted by atomic mass is 9.74. The molecule has 0 aromatic carbocycles. The van der Waals surface area contributed by atoms with E-state index in [1.807, 2.05) is 0 Å². The van der Waals surface area contributed by atoms with Crippen molar-refractivity contribution >= 4 is 5.78 Å². The highest BCUT2D eigenvalue weighted by Gasteiger charge is 2.39. The number of allylic oxidation sites excluding steroid dienone is 2. The van der Waals surface area contributed by atoms with Crippen molar-refractivity contribution in [3.05, 3.63) is 11.8 Å². The van der Waals surface area contributed by atoms with Gasteiger partial charge >= 0.3 is 0 Å². The van der Waals surface area contributed by atoms with Crippen LogP contribution in [-0.4, -0.2) is 12.4 Å². The first-order chi connectivity index (χ1) is 7.60. The van der Waals surface area contributed by atoms with Crippen LogP contribution in [0.5, 0.6) is 0 Å². The largest absolute Gasteiger partial charge is 0.498 e. The lowest BCUT2D eigenvalue weighted by Crippen LogP contribution is -2.26. The SMILES string of the molecule is CC(C)COC1=CC(=O)CC2(CCCC2)C1. The van der Waals surface area contributed by atoms with Crippen LogP contribution in [0.3, 0.4) is 0 Å². The summed E-state index contributed by atoms with van der Waals surface area (Å²) in [6.07, 6.45) is 8.46. The lowest BCUT2D eigenvalue weighted by molar-refractivity contribution is -0.118. The van der Waals surface area contributed by atoms with Crippen molar-refractivity contribution in [3.63, 3.8) is 0 Å². The highest BCUT2D eigenvalue weighted by atomic mass is 16.5. The van der Waals surface area contributed by atoms with Crippen LogP contribution in [0.25, 0.3) is 0 Å². The Morgan fingerprint density at radius 1 is 1.31 bits per heavy atom. The summed E-state index contributed by atoms with van der Waals surface area (Å²) in [5, 5.41) is 0. The van der Waals surface area contributed by atoms with Crippen molar-refractivity contribution in [2.75, 3.05) is 6.61 Å². The van der Waals surface area contributed by atoms with Crippen molar-refractivity contribution in [2.45, 2.75) is 52.4 Å². The van der Waals surface area contributed by atoms with E-state index in [2.05, 4.69) is 13.8 Å². The van der Waals surface area contributed by atoms with Gasteiger partial charge in [-0.1, -0.05) is 26.7 Å². The van der Waals surface area contributed by atoms with E-state index in [0.29, 0.717) is 5.92 Å². The molecule has 0 bridgehead atoms. The number of ether oxygens (including phenoxy) is 1. The second-order valence-corrected chi connectivity index (χ2v) is 5.84. The molecular formula is C14H22O2. The third-order valence-corrected chi connectivity index (χ3v) is 3.69. The summed E-state index contributed by atoms with van der Waals surface area (Å²) < 4.78 is 5.74. The Kier molecular flexibility index (Phi) is 3.36. The van der Waals surface area contributed by atoms with Crippen LogP contribution in [0.2, 0.25) is 0 Å². The van der Waals surface area contributed by atoms with Gasteiger partial charge in [-0.05, 0) is 24.2 Å². The minimum absolute atomic E-state index is 0.262. The predicted octanol–water partition coefficient (Wildman–Crippen LogP) is 3.47. The molecule has 0 unspecified atom stereocenters. The van der Waals surface area contributed by atoms with Gasteiger partial charge in [0, 0.05) is 18.9 Å². The number of rotatable bonds is 3. The Morgan fingerprint density at radius 3 is 2.62 bits per heavy atom. The lowest BCUT2D eigenvalue weighted by Gasteiger charge is -2.32. The van der Waals surface area contributed by atoms with Crippen LogP contribution in [0.15, 0.2) is 11.8 Å². The molecule has 1 spiro atoms. The maximum Gasteiger partial charge on any atom is 0.159 e. The van der Waals surface area contributed by atoms with E-state index in [-0.39, 0.29) is 11.2 Å². The monoisotopic (exact) mass is 222 g/mol. The summed E-state index contributed by atoms with van der Waals surface area (Å²) in [7, 11) is 0. The van der Waals surface area contributed by atoms with E-state index in [4.69, 9.17) is 4.74 Å². The van der Waals surface area contributed by atoms with Crippen molar-refractivity contribution in [1.82, 2.24) is 0 Å². The van der Waals surface area contributed by atoms with Crippen molar-refractivity contribution in [1.29, 1.82) is 0 Å². The van der Waals surface area contributed by atoms with Gasteiger partial charge in [-0.25, -0.2) is 0 Å². The molecule has 0 aromatic rings. The zero-order valence-electron chi connectivity index (χ0n) is 10.4. The van der Waals surface area contributed by atoms with E-state index >= 15 is 0 Å². The van der Waals surface area contributed by atoms with E-state index in [9.17, 15) is 4.79 Å². The molecule has 2 aliphatic rings. The molecule has 2 nitrogen and oxygen atoms in total. The van der Waals surface area contributed by atoms with Crippen molar-refractivity contribution in [2.24, 2.45) is 11.3 Å². The van der Waals surface area contributed by atoms with Gasteiger partial charge in [0.05, 0.1) is 6.61 Å². The summed E-state index contributed by atoms with van der Waals surface area (Å²) in [5.41, 5.74) is 0.262. The molecule has 1 fully saturated rings. The van der Waals surface area contributed by atoms with Crippen LogP contribution < -0.4 is 0 Å². The van der Waals surface area contributed by atoms with Gasteiger partial charge in [-0.3, -0.25) is 4.79 Å². The van der Waals surface area contributed by atoms with Crippen LogP contribution in [0.4, 0.5) is 0 Å². The molecule has 0 aromatic heterocycles. The summed E-state index contributed by atoms with van der Waals surface area (Å²) in [6, 6.07) is 0. The average Bonchev–Trinajstić information content (AvgIpc) is 2.62. The summed E-state index contributed by atoms with van der Waals surface area (Å²) in [4.78, 5) is 11.7. The number of hydrogen-bond donors (Lipinski definition) is 0. The average molecular weight is 222 g/mol. The predicted molar refractivity (Wildman–Crippen MR) is 64.0 cm³/mol. The quantitative estimate of drug-likeness (QED) is 0.731. The summed E-state index contributed by atoms with van der Waals surface area (Å²) in [6.45, 7) is 5.00. The Hall–Kier alpha value is -0.790. The maximum atomic E-state index is 11.7. The number of hydrogen-bond acceptors (Lipinski definition) is 2. The molecule has 0 saturated heterocycles. The van der Waals surface area contributed by atoms with Gasteiger partial charge in [0.15, 0.2) is 5.78 Å². The van der Waals surface area contributed by atoms with Crippen molar-refractivity contribution in [3.8, 4) is 0 Å². The van der Waals surface area contributed by atoms with E-state index in [0.717, 1.165) is 25.2 Å². The molecule has 1 saturated carbocycles. The smallest absolute Gasteiger partial charge is 0.159 e. The maximum absolute atomic E-state index is 11.7. The molecule has 0 atom stereocenters. The molecule has 2 aliphatic carbocycles. The first kappa shape index (κ1) is 11.7. The zero-order valence-corrected chi connectivity index (χ0v) is 10.4. The first-order valence-corrected chi connectivity index (χ1v) is 6.46. The van der Waals surface area contributed by atoms with E-state index in [1.54, 1.807) is 6.08 Å². The third-order valence-electron chi connectivity index (χ3n) is 3.69. The third kappa shape index (κ3) is 2.66. The van der Waals surface area contributed by atoms with E-state index < -0.39 is 0 Å². The van der Waals surface area contributed by atoms with Gasteiger partial charge in [0.2, 0.25) is 0 Å². The molecule has 16 heavy (non-hydrogen) atoms. The molecular weight excluding hydrogens is 200 g/mol. The highest BCUT2D eigenvalue weighted by molar-refractivity contribution is 5.91. The second kappa shape index (κ2) is 4.60. The number of ketones is 1. The van der Waals surface area contributed by atoms with Gasteiger partial charge in [-0.2, -0.15) is 0 Å². The molecule has 0 radical (unpaired) electrons. The standard InChI is InChI=1S/C14H22O2/c1-11(2)10-16-13-7-12(15)8-14(9-13)5-3-4-6-14/h7,11H,3-6,8-10H2,1-2H3. The van der Waals surface area contributed by atoms with Gasteiger partial charge < -0.3 is 4.74 Å². The fourth-order valence-corrected chi connectivity index (χ4v) is 2.93. The van der Waals surface area contributed by atoms with Crippen molar-refractivity contribution < 1.29 is 9.53 Å². The molecule has 2 rings (SSSR count). The second-order valence-electron chi connectivity index (χ2n) is 5.84. The topological polar surface area (TPSA) is 26.3 Å². The molecule has 0 amide bonds. The Balaban J connectivity index is 2.00. The number of carbonyl (C=O) groups is 1. The van der Waals surface area contributed by atoms with Gasteiger partial charge in [0.25, 0.3) is 0 Å². The molecule has 0 aliphatic heterocycles. The van der Waals surface area contributed by atoms with Crippen LogP contribution in [-0.2, 0) is 9.53 Å². The first-order valence-electron chi connectivity index (χ1n) is 6.46. The minimum Gasteiger partial charge on any atom is -0.498 e. The Bertz CT molecular complexity index is 296. The normalized spacial score (nSPS) is 23.9.